The van der Waals surface area contributed by atoms with Gasteiger partial charge in [0.15, 0.2) is 0 Å². The van der Waals surface area contributed by atoms with E-state index in [2.05, 4.69) is 20.9 Å². The number of benzene rings is 2. The minimum atomic E-state index is -0.302. The first-order valence-electron chi connectivity index (χ1n) is 10.5. The predicted molar refractivity (Wildman–Crippen MR) is 117 cm³/mol. The molecule has 0 aliphatic carbocycles. The average molecular weight is 422 g/mol. The number of hydrogen-bond acceptors (Lipinski definition) is 5. The van der Waals surface area contributed by atoms with E-state index in [-0.39, 0.29) is 11.9 Å². The molecule has 0 saturated carbocycles. The molecular weight excluding hydrogens is 396 g/mol. The molecule has 0 bridgehead atoms. The Labute approximate surface area is 180 Å². The normalized spacial score (nSPS) is 13.8. The molecule has 1 fully saturated rings. The van der Waals surface area contributed by atoms with Gasteiger partial charge in [-0.15, -0.1) is 5.10 Å². The highest BCUT2D eigenvalue weighted by molar-refractivity contribution is 5.97. The monoisotopic (exact) mass is 422 g/mol. The van der Waals surface area contributed by atoms with Gasteiger partial charge in [0, 0.05) is 30.9 Å². The Morgan fingerprint density at radius 2 is 1.84 bits per heavy atom. The van der Waals surface area contributed by atoms with Crippen molar-refractivity contribution in [2.24, 2.45) is 0 Å². The van der Waals surface area contributed by atoms with Crippen LogP contribution in [0.15, 0.2) is 42.5 Å². The number of nitrogens with zero attached hydrogens (tertiary/aromatic N) is 4. The van der Waals surface area contributed by atoms with Crippen molar-refractivity contribution >= 4 is 28.7 Å². The number of urea groups is 1. The molecule has 1 aliphatic rings. The summed E-state index contributed by atoms with van der Waals surface area (Å²) in [5, 5.41) is 13.9. The standard InChI is InChI=1S/C22H26N6O3/c1-31-18-8-6-17(7-9-18)24-22(30)23-11-14-28-20-10-5-16(15-19(20)25-26-28)21(29)27-12-3-2-4-13-27/h5-10,15H,2-4,11-14H2,1H3,(H2,23,24,30). The molecule has 162 valence electrons. The number of piperidine rings is 1. The zero-order valence-electron chi connectivity index (χ0n) is 17.5. The van der Waals surface area contributed by atoms with Crippen molar-refractivity contribution in [3.05, 3.63) is 48.0 Å². The van der Waals surface area contributed by atoms with Gasteiger partial charge in [0.25, 0.3) is 5.91 Å². The maximum atomic E-state index is 12.7. The first-order chi connectivity index (χ1) is 15.1. The number of nitrogens with one attached hydrogen (secondary N) is 2. The molecule has 3 amide bonds. The summed E-state index contributed by atoms with van der Waals surface area (Å²) in [6, 6.07) is 12.3. The van der Waals surface area contributed by atoms with Crippen LogP contribution in [0.25, 0.3) is 11.0 Å². The summed E-state index contributed by atoms with van der Waals surface area (Å²) in [5.41, 5.74) is 2.81. The van der Waals surface area contributed by atoms with Gasteiger partial charge in [-0.1, -0.05) is 5.21 Å². The Morgan fingerprint density at radius 3 is 2.58 bits per heavy atom. The quantitative estimate of drug-likeness (QED) is 0.636. The number of rotatable bonds is 6. The number of anilines is 1. The number of fused-ring (bicyclic) bond motifs is 1. The van der Waals surface area contributed by atoms with Crippen LogP contribution in [-0.4, -0.2) is 58.6 Å². The van der Waals surface area contributed by atoms with Crippen LogP contribution in [0.5, 0.6) is 5.75 Å². The lowest BCUT2D eigenvalue weighted by Gasteiger charge is -2.26. The molecule has 9 heteroatoms. The molecule has 9 nitrogen and oxygen atoms in total. The fourth-order valence-corrected chi connectivity index (χ4v) is 3.67. The Morgan fingerprint density at radius 1 is 1.06 bits per heavy atom. The summed E-state index contributed by atoms with van der Waals surface area (Å²) < 4.78 is 6.82. The van der Waals surface area contributed by atoms with E-state index in [1.165, 1.54) is 6.42 Å². The van der Waals surface area contributed by atoms with Gasteiger partial charge in [-0.25, -0.2) is 9.48 Å². The van der Waals surface area contributed by atoms with Crippen molar-refractivity contribution in [2.45, 2.75) is 25.8 Å². The van der Waals surface area contributed by atoms with Gasteiger partial charge in [0.2, 0.25) is 0 Å². The first-order valence-corrected chi connectivity index (χ1v) is 10.5. The fourth-order valence-electron chi connectivity index (χ4n) is 3.67. The van der Waals surface area contributed by atoms with E-state index in [0.29, 0.717) is 29.9 Å². The summed E-state index contributed by atoms with van der Waals surface area (Å²) in [6.45, 7) is 2.47. The minimum Gasteiger partial charge on any atom is -0.497 e. The summed E-state index contributed by atoms with van der Waals surface area (Å²) in [4.78, 5) is 26.7. The predicted octanol–water partition coefficient (Wildman–Crippen LogP) is 2.89. The van der Waals surface area contributed by atoms with Crippen molar-refractivity contribution in [1.29, 1.82) is 0 Å². The zero-order chi connectivity index (χ0) is 21.6. The highest BCUT2D eigenvalue weighted by atomic mass is 16.5. The van der Waals surface area contributed by atoms with Crippen molar-refractivity contribution in [1.82, 2.24) is 25.2 Å². The molecule has 0 atom stereocenters. The molecule has 2 heterocycles. The van der Waals surface area contributed by atoms with E-state index in [1.807, 2.05) is 17.0 Å². The fraction of sp³-hybridized carbons (Fsp3) is 0.364. The van der Waals surface area contributed by atoms with Gasteiger partial charge >= 0.3 is 6.03 Å². The van der Waals surface area contributed by atoms with Gasteiger partial charge in [0.1, 0.15) is 11.3 Å². The second-order valence-corrected chi connectivity index (χ2v) is 7.48. The van der Waals surface area contributed by atoms with Gasteiger partial charge < -0.3 is 20.3 Å². The van der Waals surface area contributed by atoms with Gasteiger partial charge in [-0.05, 0) is 61.7 Å². The number of likely N-dealkylation sites (tertiary alicyclic amines) is 1. The van der Waals surface area contributed by atoms with E-state index >= 15 is 0 Å². The number of carbonyl (C=O) groups is 2. The number of aromatic nitrogens is 3. The van der Waals surface area contributed by atoms with Crippen LogP contribution in [0.1, 0.15) is 29.6 Å². The van der Waals surface area contributed by atoms with E-state index in [0.717, 1.165) is 37.2 Å². The van der Waals surface area contributed by atoms with Crippen LogP contribution in [0.3, 0.4) is 0 Å². The van der Waals surface area contributed by atoms with Crippen molar-refractivity contribution < 1.29 is 14.3 Å². The molecule has 2 aromatic carbocycles. The summed E-state index contributed by atoms with van der Waals surface area (Å²) in [7, 11) is 1.59. The lowest BCUT2D eigenvalue weighted by molar-refractivity contribution is 0.0724. The molecule has 4 rings (SSSR count). The number of amides is 3. The number of hydrogen-bond donors (Lipinski definition) is 2. The molecular formula is C22H26N6O3. The molecule has 1 aliphatic heterocycles. The molecule has 1 saturated heterocycles. The van der Waals surface area contributed by atoms with E-state index < -0.39 is 0 Å². The summed E-state index contributed by atoms with van der Waals surface area (Å²) in [5.74, 6) is 0.776. The minimum absolute atomic E-state index is 0.0491. The first kappa shape index (κ1) is 20.6. The topological polar surface area (TPSA) is 101 Å². The second-order valence-electron chi connectivity index (χ2n) is 7.48. The van der Waals surface area contributed by atoms with Crippen LogP contribution in [0.4, 0.5) is 10.5 Å². The third-order valence-corrected chi connectivity index (χ3v) is 5.36. The Kier molecular flexibility index (Phi) is 6.30. The number of carbonyl (C=O) groups excluding carboxylic acids is 2. The molecule has 1 aromatic heterocycles. The lowest BCUT2D eigenvalue weighted by Crippen LogP contribution is -2.35. The van der Waals surface area contributed by atoms with Crippen LogP contribution in [0.2, 0.25) is 0 Å². The zero-order valence-corrected chi connectivity index (χ0v) is 17.5. The van der Waals surface area contributed by atoms with Crippen LogP contribution in [-0.2, 0) is 6.54 Å². The van der Waals surface area contributed by atoms with Gasteiger partial charge in [-0.2, -0.15) is 0 Å². The molecule has 0 unspecified atom stereocenters. The SMILES string of the molecule is COc1ccc(NC(=O)NCCn2nnc3cc(C(=O)N4CCCCC4)ccc32)cc1. The number of methoxy groups -OCH3 is 1. The second kappa shape index (κ2) is 9.46. The molecule has 31 heavy (non-hydrogen) atoms. The van der Waals surface area contributed by atoms with Crippen molar-refractivity contribution in [3.63, 3.8) is 0 Å². The molecule has 0 spiro atoms. The average Bonchev–Trinajstić information content (AvgIpc) is 3.22. The molecule has 0 radical (unpaired) electrons. The number of ether oxygens (including phenoxy) is 1. The van der Waals surface area contributed by atoms with Crippen LogP contribution >= 0.6 is 0 Å². The third kappa shape index (κ3) is 4.93. The Hall–Kier alpha value is -3.62. The Bertz CT molecular complexity index is 1060. The van der Waals surface area contributed by atoms with E-state index in [9.17, 15) is 9.59 Å². The summed E-state index contributed by atoms with van der Waals surface area (Å²) >= 11 is 0. The maximum absolute atomic E-state index is 12.7. The highest BCUT2D eigenvalue weighted by Crippen LogP contribution is 2.18. The third-order valence-electron chi connectivity index (χ3n) is 5.36. The maximum Gasteiger partial charge on any atom is 0.319 e. The smallest absolute Gasteiger partial charge is 0.319 e. The highest BCUT2D eigenvalue weighted by Gasteiger charge is 2.19. The summed E-state index contributed by atoms with van der Waals surface area (Å²) in [6.07, 6.45) is 3.30. The molecule has 3 aromatic rings. The van der Waals surface area contributed by atoms with Gasteiger partial charge in [-0.3, -0.25) is 4.79 Å². The van der Waals surface area contributed by atoms with Crippen molar-refractivity contribution in [2.75, 3.05) is 32.1 Å². The van der Waals surface area contributed by atoms with Crippen LogP contribution in [0, 0.1) is 0 Å². The Balaban J connectivity index is 1.32. The van der Waals surface area contributed by atoms with Crippen molar-refractivity contribution in [3.8, 4) is 5.75 Å². The van der Waals surface area contributed by atoms with Gasteiger partial charge in [0.05, 0.1) is 19.2 Å². The molecule has 2 N–H and O–H groups in total. The van der Waals surface area contributed by atoms with E-state index in [1.54, 1.807) is 42.1 Å². The van der Waals surface area contributed by atoms with Crippen LogP contribution < -0.4 is 15.4 Å². The van der Waals surface area contributed by atoms with E-state index in [4.69, 9.17) is 4.74 Å². The largest absolute Gasteiger partial charge is 0.497 e. The lowest BCUT2D eigenvalue weighted by atomic mass is 10.1.